The Hall–Kier alpha value is -1.37. The van der Waals surface area contributed by atoms with E-state index in [0.717, 1.165) is 36.6 Å². The van der Waals surface area contributed by atoms with E-state index >= 15 is 0 Å². The molecule has 1 N–H and O–H groups in total. The molecule has 0 aliphatic carbocycles. The predicted molar refractivity (Wildman–Crippen MR) is 83.2 cm³/mol. The number of nitrogens with zero attached hydrogens (tertiary/aromatic N) is 3. The molecule has 1 rings (SSSR count). The highest BCUT2D eigenvalue weighted by Gasteiger charge is 2.14. The summed E-state index contributed by atoms with van der Waals surface area (Å²) >= 11 is 0. The maximum absolute atomic E-state index is 11.3. The van der Waals surface area contributed by atoms with Crippen molar-refractivity contribution in [2.24, 2.45) is 0 Å². The third kappa shape index (κ3) is 4.96. The van der Waals surface area contributed by atoms with E-state index in [1.807, 2.05) is 18.9 Å². The molecule has 0 spiro atoms. The van der Waals surface area contributed by atoms with Crippen LogP contribution in [0.3, 0.4) is 0 Å². The van der Waals surface area contributed by atoms with E-state index < -0.39 is 9.84 Å². The predicted octanol–water partition coefficient (Wildman–Crippen LogP) is 1.34. The first-order valence-corrected chi connectivity index (χ1v) is 8.91. The SMILES string of the molecule is CCCNc1ncnc(N(C)CCS(C)(=O)=O)c1CC. The summed E-state index contributed by atoms with van der Waals surface area (Å²) in [5.41, 5.74) is 1.02. The highest BCUT2D eigenvalue weighted by atomic mass is 32.2. The van der Waals surface area contributed by atoms with Crippen LogP contribution in [0.5, 0.6) is 0 Å². The first-order chi connectivity index (χ1) is 9.39. The fraction of sp³-hybridized carbons (Fsp3) is 0.692. The highest BCUT2D eigenvalue weighted by molar-refractivity contribution is 7.90. The minimum atomic E-state index is -2.97. The molecule has 1 aromatic rings. The topological polar surface area (TPSA) is 75.2 Å². The van der Waals surface area contributed by atoms with Crippen molar-refractivity contribution < 1.29 is 8.42 Å². The minimum Gasteiger partial charge on any atom is -0.370 e. The standard InChI is InChI=1S/C13H24N4O2S/c1-5-7-14-12-11(6-2)13(16-10-15-12)17(3)8-9-20(4,18)19/h10H,5-9H2,1-4H3,(H,14,15,16). The Morgan fingerprint density at radius 2 is 2.00 bits per heavy atom. The molecule has 0 amide bonds. The van der Waals surface area contributed by atoms with E-state index in [0.29, 0.717) is 6.54 Å². The molecule has 0 atom stereocenters. The maximum atomic E-state index is 11.3. The summed E-state index contributed by atoms with van der Waals surface area (Å²) < 4.78 is 22.5. The molecule has 0 fully saturated rings. The van der Waals surface area contributed by atoms with Crippen molar-refractivity contribution in [3.8, 4) is 0 Å². The van der Waals surface area contributed by atoms with Crippen molar-refractivity contribution in [1.29, 1.82) is 0 Å². The van der Waals surface area contributed by atoms with Gasteiger partial charge in [-0.05, 0) is 12.8 Å². The summed E-state index contributed by atoms with van der Waals surface area (Å²) in [5.74, 6) is 1.75. The Balaban J connectivity index is 2.92. The summed E-state index contributed by atoms with van der Waals surface area (Å²) in [4.78, 5) is 10.4. The third-order valence-corrected chi connectivity index (χ3v) is 3.90. The molecule has 1 aromatic heterocycles. The molecule has 0 aromatic carbocycles. The van der Waals surface area contributed by atoms with E-state index in [2.05, 4.69) is 22.2 Å². The molecule has 0 radical (unpaired) electrons. The van der Waals surface area contributed by atoms with Crippen molar-refractivity contribution in [3.63, 3.8) is 0 Å². The second-order valence-electron chi connectivity index (χ2n) is 4.86. The van der Waals surface area contributed by atoms with Crippen molar-refractivity contribution in [2.45, 2.75) is 26.7 Å². The zero-order valence-electron chi connectivity index (χ0n) is 12.7. The summed E-state index contributed by atoms with van der Waals surface area (Å²) in [6, 6.07) is 0. The Bertz CT molecular complexity index is 531. The van der Waals surface area contributed by atoms with Crippen LogP contribution in [-0.4, -0.2) is 50.5 Å². The highest BCUT2D eigenvalue weighted by Crippen LogP contribution is 2.23. The zero-order chi connectivity index (χ0) is 15.2. The summed E-state index contributed by atoms with van der Waals surface area (Å²) in [6.07, 6.45) is 4.58. The summed E-state index contributed by atoms with van der Waals surface area (Å²) in [7, 11) is -1.11. The Morgan fingerprint density at radius 3 is 2.55 bits per heavy atom. The van der Waals surface area contributed by atoms with E-state index in [1.165, 1.54) is 12.6 Å². The van der Waals surface area contributed by atoms with Crippen LogP contribution in [0.15, 0.2) is 6.33 Å². The van der Waals surface area contributed by atoms with Gasteiger partial charge in [0.2, 0.25) is 0 Å². The van der Waals surface area contributed by atoms with Crippen LogP contribution >= 0.6 is 0 Å². The van der Waals surface area contributed by atoms with Gasteiger partial charge < -0.3 is 10.2 Å². The quantitative estimate of drug-likeness (QED) is 0.781. The summed E-state index contributed by atoms with van der Waals surface area (Å²) in [6.45, 7) is 5.43. The average molecular weight is 300 g/mol. The van der Waals surface area contributed by atoms with E-state index in [4.69, 9.17) is 0 Å². The molecule has 20 heavy (non-hydrogen) atoms. The lowest BCUT2D eigenvalue weighted by Crippen LogP contribution is -2.27. The van der Waals surface area contributed by atoms with Gasteiger partial charge in [-0.3, -0.25) is 0 Å². The van der Waals surface area contributed by atoms with E-state index in [-0.39, 0.29) is 5.75 Å². The van der Waals surface area contributed by atoms with Gasteiger partial charge in [0, 0.05) is 32.0 Å². The van der Waals surface area contributed by atoms with Crippen LogP contribution in [0.25, 0.3) is 0 Å². The van der Waals surface area contributed by atoms with Gasteiger partial charge in [-0.2, -0.15) is 0 Å². The molecule has 6 nitrogen and oxygen atoms in total. The molecular formula is C13H24N4O2S. The van der Waals surface area contributed by atoms with Gasteiger partial charge in [0.15, 0.2) is 0 Å². The van der Waals surface area contributed by atoms with E-state index in [1.54, 1.807) is 0 Å². The van der Waals surface area contributed by atoms with Gasteiger partial charge in [-0.1, -0.05) is 13.8 Å². The van der Waals surface area contributed by atoms with Gasteiger partial charge >= 0.3 is 0 Å². The first-order valence-electron chi connectivity index (χ1n) is 6.85. The van der Waals surface area contributed by atoms with Gasteiger partial charge in [-0.25, -0.2) is 18.4 Å². The second-order valence-corrected chi connectivity index (χ2v) is 7.12. The van der Waals surface area contributed by atoms with Gasteiger partial charge in [-0.15, -0.1) is 0 Å². The molecule has 0 aliphatic heterocycles. The molecular weight excluding hydrogens is 276 g/mol. The number of hydrogen-bond donors (Lipinski definition) is 1. The molecule has 1 heterocycles. The van der Waals surface area contributed by atoms with Gasteiger partial charge in [0.05, 0.1) is 5.75 Å². The van der Waals surface area contributed by atoms with Crippen LogP contribution in [-0.2, 0) is 16.3 Å². The van der Waals surface area contributed by atoms with Crippen LogP contribution in [0.2, 0.25) is 0 Å². The molecule has 0 unspecified atom stereocenters. The number of nitrogens with one attached hydrogen (secondary N) is 1. The lowest BCUT2D eigenvalue weighted by atomic mass is 10.2. The third-order valence-electron chi connectivity index (χ3n) is 2.98. The van der Waals surface area contributed by atoms with Gasteiger partial charge in [0.1, 0.15) is 27.8 Å². The largest absolute Gasteiger partial charge is 0.370 e. The molecule has 0 saturated carbocycles. The smallest absolute Gasteiger partial charge is 0.149 e. The number of rotatable bonds is 8. The van der Waals surface area contributed by atoms with Crippen LogP contribution < -0.4 is 10.2 Å². The number of hydrogen-bond acceptors (Lipinski definition) is 6. The Labute approximate surface area is 121 Å². The number of sulfone groups is 1. The minimum absolute atomic E-state index is 0.119. The monoisotopic (exact) mass is 300 g/mol. The van der Waals surface area contributed by atoms with E-state index in [9.17, 15) is 8.42 Å². The van der Waals surface area contributed by atoms with Crippen molar-refractivity contribution in [1.82, 2.24) is 9.97 Å². The summed E-state index contributed by atoms with van der Waals surface area (Å²) in [5, 5.41) is 3.29. The molecule has 0 aliphatic rings. The lowest BCUT2D eigenvalue weighted by molar-refractivity contribution is 0.601. The number of aromatic nitrogens is 2. The lowest BCUT2D eigenvalue weighted by Gasteiger charge is -2.22. The normalized spacial score (nSPS) is 11.4. The van der Waals surface area contributed by atoms with Crippen molar-refractivity contribution >= 4 is 21.5 Å². The van der Waals surface area contributed by atoms with Crippen LogP contribution in [0.1, 0.15) is 25.8 Å². The fourth-order valence-electron chi connectivity index (χ4n) is 1.86. The molecule has 0 bridgehead atoms. The molecule has 7 heteroatoms. The molecule has 114 valence electrons. The Morgan fingerprint density at radius 1 is 1.30 bits per heavy atom. The first kappa shape index (κ1) is 16.7. The van der Waals surface area contributed by atoms with Crippen LogP contribution in [0.4, 0.5) is 11.6 Å². The fourth-order valence-corrected chi connectivity index (χ4v) is 2.47. The molecule has 0 saturated heterocycles. The van der Waals surface area contributed by atoms with Crippen molar-refractivity contribution in [2.75, 3.05) is 42.4 Å². The van der Waals surface area contributed by atoms with Crippen molar-refractivity contribution in [3.05, 3.63) is 11.9 Å². The average Bonchev–Trinajstić information content (AvgIpc) is 2.41. The van der Waals surface area contributed by atoms with Crippen LogP contribution in [0, 0.1) is 0 Å². The number of anilines is 2. The van der Waals surface area contributed by atoms with Gasteiger partial charge in [0.25, 0.3) is 0 Å². The second kappa shape index (κ2) is 7.42. The zero-order valence-corrected chi connectivity index (χ0v) is 13.5. The maximum Gasteiger partial charge on any atom is 0.149 e. The Kier molecular flexibility index (Phi) is 6.19.